The first-order valence-corrected chi connectivity index (χ1v) is 9.13. The van der Waals surface area contributed by atoms with Crippen LogP contribution in [0.15, 0.2) is 22.7 Å². The molecular weight excluding hydrogens is 360 g/mol. The van der Waals surface area contributed by atoms with Crippen LogP contribution in [0.3, 0.4) is 0 Å². The van der Waals surface area contributed by atoms with E-state index in [-0.39, 0.29) is 36.6 Å². The monoisotopic (exact) mass is 376 g/mol. The fourth-order valence-corrected chi connectivity index (χ4v) is 4.40. The van der Waals surface area contributed by atoms with Gasteiger partial charge in [0, 0.05) is 28.3 Å². The molecule has 21 heavy (non-hydrogen) atoms. The lowest BCUT2D eigenvalue weighted by molar-refractivity contribution is 0.0655. The van der Waals surface area contributed by atoms with Gasteiger partial charge in [0.05, 0.1) is 18.1 Å². The minimum absolute atomic E-state index is 0.0508. The highest BCUT2D eigenvalue weighted by Crippen LogP contribution is 2.24. The Bertz CT molecular complexity index is 648. The standard InChI is InChI=1S/C13H17BrN2O4S/c14-11-2-1-9(7-12(11)15)13(18)16(4-5-17)10-3-6-21(19,20)8-10/h1-2,7,10,17H,3-6,8,15H2. The SMILES string of the molecule is Nc1cc(C(=O)N(CCO)C2CCS(=O)(=O)C2)ccc1Br. The number of benzene rings is 1. The third-order valence-electron chi connectivity index (χ3n) is 3.49. The van der Waals surface area contributed by atoms with Crippen LogP contribution < -0.4 is 5.73 Å². The van der Waals surface area contributed by atoms with Crippen molar-refractivity contribution in [2.75, 3.05) is 30.4 Å². The van der Waals surface area contributed by atoms with Gasteiger partial charge >= 0.3 is 0 Å². The van der Waals surface area contributed by atoms with Gasteiger partial charge in [0.25, 0.3) is 5.91 Å². The summed E-state index contributed by atoms with van der Waals surface area (Å²) in [6, 6.07) is 4.45. The lowest BCUT2D eigenvalue weighted by atomic mass is 10.1. The van der Waals surface area contributed by atoms with Gasteiger partial charge in [0.15, 0.2) is 9.84 Å². The number of hydrogen-bond acceptors (Lipinski definition) is 5. The fraction of sp³-hybridized carbons (Fsp3) is 0.462. The van der Waals surface area contributed by atoms with Gasteiger partial charge in [-0.1, -0.05) is 0 Å². The molecule has 1 aliphatic heterocycles. The highest BCUT2D eigenvalue weighted by atomic mass is 79.9. The molecule has 0 aliphatic carbocycles. The Balaban J connectivity index is 2.25. The van der Waals surface area contributed by atoms with Gasteiger partial charge < -0.3 is 15.7 Å². The summed E-state index contributed by atoms with van der Waals surface area (Å²) in [7, 11) is -3.10. The summed E-state index contributed by atoms with van der Waals surface area (Å²) in [4.78, 5) is 14.0. The molecule has 8 heteroatoms. The van der Waals surface area contributed by atoms with E-state index in [4.69, 9.17) is 10.8 Å². The molecule has 1 amide bonds. The predicted molar refractivity (Wildman–Crippen MR) is 83.7 cm³/mol. The van der Waals surface area contributed by atoms with Gasteiger partial charge in [0.2, 0.25) is 0 Å². The molecule has 1 aliphatic rings. The first-order chi connectivity index (χ1) is 9.84. The third-order valence-corrected chi connectivity index (χ3v) is 5.97. The quantitative estimate of drug-likeness (QED) is 0.751. The van der Waals surface area contributed by atoms with Crippen molar-refractivity contribution >= 4 is 37.4 Å². The van der Waals surface area contributed by atoms with Gasteiger partial charge in [-0.3, -0.25) is 4.79 Å². The molecule has 0 saturated carbocycles. The summed E-state index contributed by atoms with van der Waals surface area (Å²) < 4.78 is 23.9. The van der Waals surface area contributed by atoms with Crippen molar-refractivity contribution < 1.29 is 18.3 Å². The molecule has 1 atom stereocenters. The number of sulfone groups is 1. The molecule has 0 radical (unpaired) electrons. The smallest absolute Gasteiger partial charge is 0.254 e. The van der Waals surface area contributed by atoms with E-state index in [0.717, 1.165) is 0 Å². The molecule has 0 aromatic heterocycles. The van der Waals surface area contributed by atoms with Crippen molar-refractivity contribution in [1.82, 2.24) is 4.90 Å². The van der Waals surface area contributed by atoms with Crippen LogP contribution in [0.4, 0.5) is 5.69 Å². The predicted octanol–water partition coefficient (Wildman–Crippen LogP) is 0.653. The average molecular weight is 377 g/mol. The van der Waals surface area contributed by atoms with Crippen LogP contribution in [-0.2, 0) is 9.84 Å². The lowest BCUT2D eigenvalue weighted by Gasteiger charge is -2.27. The Morgan fingerprint density at radius 3 is 2.71 bits per heavy atom. The minimum atomic E-state index is -3.10. The van der Waals surface area contributed by atoms with Crippen LogP contribution in [0.25, 0.3) is 0 Å². The molecule has 1 unspecified atom stereocenters. The zero-order chi connectivity index (χ0) is 15.6. The fourth-order valence-electron chi connectivity index (χ4n) is 2.42. The summed E-state index contributed by atoms with van der Waals surface area (Å²) in [5.74, 6) is -0.287. The van der Waals surface area contributed by atoms with Crippen molar-refractivity contribution in [3.05, 3.63) is 28.2 Å². The summed E-state index contributed by atoms with van der Waals surface area (Å²) in [6.45, 7) is -0.108. The van der Waals surface area contributed by atoms with Crippen LogP contribution in [0.5, 0.6) is 0 Å². The molecule has 1 aromatic carbocycles. The maximum absolute atomic E-state index is 12.5. The normalized spacial score (nSPS) is 20.4. The van der Waals surface area contributed by atoms with Crippen molar-refractivity contribution in [2.24, 2.45) is 0 Å². The van der Waals surface area contributed by atoms with Crippen LogP contribution >= 0.6 is 15.9 Å². The van der Waals surface area contributed by atoms with Gasteiger partial charge in [-0.2, -0.15) is 0 Å². The number of nitrogens with two attached hydrogens (primary N) is 1. The molecule has 1 heterocycles. The van der Waals surface area contributed by atoms with E-state index in [2.05, 4.69) is 15.9 Å². The number of nitrogen functional groups attached to an aromatic ring is 1. The molecule has 0 bridgehead atoms. The summed E-state index contributed by atoms with van der Waals surface area (Å²) in [5, 5.41) is 9.15. The third kappa shape index (κ3) is 3.75. The summed E-state index contributed by atoms with van der Waals surface area (Å²) in [6.07, 6.45) is 0.403. The second-order valence-corrected chi connectivity index (χ2v) is 8.10. The van der Waals surface area contributed by atoms with Crippen LogP contribution in [-0.4, -0.2) is 55.0 Å². The number of aliphatic hydroxyl groups excluding tert-OH is 1. The Morgan fingerprint density at radius 1 is 1.48 bits per heavy atom. The number of nitrogens with zero attached hydrogens (tertiary/aromatic N) is 1. The number of anilines is 1. The number of halogens is 1. The number of rotatable bonds is 4. The average Bonchev–Trinajstić information content (AvgIpc) is 2.78. The van der Waals surface area contributed by atoms with Gasteiger partial charge in [-0.15, -0.1) is 0 Å². The Kier molecular flexibility index (Phi) is 4.90. The van der Waals surface area contributed by atoms with Crippen LogP contribution in [0.2, 0.25) is 0 Å². The van der Waals surface area contributed by atoms with E-state index in [1.54, 1.807) is 18.2 Å². The topological polar surface area (TPSA) is 101 Å². The molecule has 1 saturated heterocycles. The van der Waals surface area contributed by atoms with Gasteiger partial charge in [-0.05, 0) is 40.5 Å². The Labute approximate surface area is 132 Å². The zero-order valence-corrected chi connectivity index (χ0v) is 13.7. The largest absolute Gasteiger partial charge is 0.398 e. The number of aliphatic hydroxyl groups is 1. The highest BCUT2D eigenvalue weighted by Gasteiger charge is 2.34. The first-order valence-electron chi connectivity index (χ1n) is 6.51. The number of amides is 1. The second-order valence-electron chi connectivity index (χ2n) is 5.02. The van der Waals surface area contributed by atoms with Gasteiger partial charge in [-0.25, -0.2) is 8.42 Å². The van der Waals surface area contributed by atoms with Crippen LogP contribution in [0.1, 0.15) is 16.8 Å². The molecule has 2 rings (SSSR count). The van der Waals surface area contributed by atoms with Gasteiger partial charge in [0.1, 0.15) is 0 Å². The molecule has 1 aromatic rings. The minimum Gasteiger partial charge on any atom is -0.398 e. The first kappa shape index (κ1) is 16.3. The summed E-state index contributed by atoms with van der Waals surface area (Å²) in [5.41, 5.74) is 6.58. The van der Waals surface area contributed by atoms with Crippen LogP contribution in [0, 0.1) is 0 Å². The molecular formula is C13H17BrN2O4S. The van der Waals surface area contributed by atoms with Crippen molar-refractivity contribution in [1.29, 1.82) is 0 Å². The molecule has 3 N–H and O–H groups in total. The Morgan fingerprint density at radius 2 is 2.19 bits per heavy atom. The number of carbonyl (C=O) groups is 1. The zero-order valence-electron chi connectivity index (χ0n) is 11.3. The maximum Gasteiger partial charge on any atom is 0.254 e. The highest BCUT2D eigenvalue weighted by molar-refractivity contribution is 9.10. The van der Waals surface area contributed by atoms with Crippen molar-refractivity contribution in [3.8, 4) is 0 Å². The summed E-state index contributed by atoms with van der Waals surface area (Å²) >= 11 is 3.26. The van der Waals surface area contributed by atoms with E-state index >= 15 is 0 Å². The van der Waals surface area contributed by atoms with Crippen molar-refractivity contribution in [3.63, 3.8) is 0 Å². The van der Waals surface area contributed by atoms with E-state index in [0.29, 0.717) is 22.1 Å². The van der Waals surface area contributed by atoms with E-state index in [1.807, 2.05) is 0 Å². The van der Waals surface area contributed by atoms with Crippen molar-refractivity contribution in [2.45, 2.75) is 12.5 Å². The lowest BCUT2D eigenvalue weighted by Crippen LogP contribution is -2.42. The van der Waals surface area contributed by atoms with E-state index in [1.165, 1.54) is 4.90 Å². The maximum atomic E-state index is 12.5. The Hall–Kier alpha value is -1.12. The van der Waals surface area contributed by atoms with E-state index < -0.39 is 9.84 Å². The van der Waals surface area contributed by atoms with E-state index in [9.17, 15) is 13.2 Å². The number of carbonyl (C=O) groups excluding carboxylic acids is 1. The second kappa shape index (κ2) is 6.33. The number of hydrogen-bond donors (Lipinski definition) is 2. The molecule has 0 spiro atoms. The molecule has 1 fully saturated rings. The molecule has 116 valence electrons. The molecule has 6 nitrogen and oxygen atoms in total.